The van der Waals surface area contributed by atoms with Crippen LogP contribution < -0.4 is 0 Å². The smallest absolute Gasteiger partial charge is 0.356 e. The van der Waals surface area contributed by atoms with Gasteiger partial charge in [-0.25, -0.2) is 9.48 Å². The van der Waals surface area contributed by atoms with Crippen LogP contribution in [0.4, 0.5) is 0 Å². The van der Waals surface area contributed by atoms with E-state index in [1.54, 1.807) is 24.4 Å². The molecule has 0 aliphatic carbocycles. The highest BCUT2D eigenvalue weighted by Gasteiger charge is 2.14. The van der Waals surface area contributed by atoms with E-state index in [2.05, 4.69) is 10.3 Å². The van der Waals surface area contributed by atoms with Crippen LogP contribution in [0, 0.1) is 0 Å². The van der Waals surface area contributed by atoms with Crippen LogP contribution in [0.1, 0.15) is 16.2 Å². The molecule has 0 radical (unpaired) electrons. The predicted molar refractivity (Wildman–Crippen MR) is 71.8 cm³/mol. The van der Waals surface area contributed by atoms with E-state index in [1.807, 2.05) is 0 Å². The maximum atomic E-state index is 11.0. The molecule has 0 saturated carbocycles. The second kappa shape index (κ2) is 4.91. The number of benzene rings is 1. The molecule has 0 amide bonds. The lowest BCUT2D eigenvalue weighted by Crippen LogP contribution is -2.04. The first-order chi connectivity index (χ1) is 10.1. The van der Waals surface area contributed by atoms with Gasteiger partial charge in [0.2, 0.25) is 0 Å². The first-order valence-corrected chi connectivity index (χ1v) is 6.20. The Morgan fingerprint density at radius 3 is 2.81 bits per heavy atom. The van der Waals surface area contributed by atoms with Crippen LogP contribution in [0.15, 0.2) is 30.5 Å². The van der Waals surface area contributed by atoms with E-state index >= 15 is 0 Å². The first kappa shape index (κ1) is 13.1. The lowest BCUT2D eigenvalue weighted by atomic mass is 10.2. The van der Waals surface area contributed by atoms with E-state index in [0.717, 1.165) is 0 Å². The molecule has 1 aromatic carbocycles. The number of hydrogen-bond acceptors (Lipinski definition) is 5. The third-order valence-electron chi connectivity index (χ3n) is 3.15. The van der Waals surface area contributed by atoms with Gasteiger partial charge >= 0.3 is 5.97 Å². The highest BCUT2D eigenvalue weighted by Crippen LogP contribution is 2.21. The number of carboxylic acids is 1. The lowest BCUT2D eigenvalue weighted by Gasteiger charge is -2.01. The Kier molecular flexibility index (Phi) is 3.07. The summed E-state index contributed by atoms with van der Waals surface area (Å²) in [6.07, 6.45) is 2.10. The molecule has 0 saturated heterocycles. The van der Waals surface area contributed by atoms with Gasteiger partial charge in [0.25, 0.3) is 0 Å². The zero-order chi connectivity index (χ0) is 15.0. The fourth-order valence-corrected chi connectivity index (χ4v) is 2.14. The molecular weight excluding hydrogens is 276 g/mol. The summed E-state index contributed by atoms with van der Waals surface area (Å²) >= 11 is 0. The molecule has 3 aromatic rings. The summed E-state index contributed by atoms with van der Waals surface area (Å²) in [7, 11) is 0. The van der Waals surface area contributed by atoms with Crippen molar-refractivity contribution in [1.29, 1.82) is 0 Å². The summed E-state index contributed by atoms with van der Waals surface area (Å²) in [4.78, 5) is 11.0. The second-order valence-electron chi connectivity index (χ2n) is 4.52. The molecular formula is C13H12N4O4. The van der Waals surface area contributed by atoms with Crippen molar-refractivity contribution < 1.29 is 20.2 Å². The standard InChI is InChI=1S/C13H12N4O4/c18-4-3-9-7-16(15-14-9)10-1-2-11-8(5-10)6-12(13(19)20)17(11)21/h1-2,5-7,18,21H,3-4H2,(H,19,20). The third-order valence-corrected chi connectivity index (χ3v) is 3.15. The van der Waals surface area contributed by atoms with Gasteiger partial charge in [0, 0.05) is 18.4 Å². The van der Waals surface area contributed by atoms with Crippen molar-refractivity contribution in [3.63, 3.8) is 0 Å². The van der Waals surface area contributed by atoms with Crippen LogP contribution >= 0.6 is 0 Å². The van der Waals surface area contributed by atoms with Crippen LogP contribution in [0.3, 0.4) is 0 Å². The van der Waals surface area contributed by atoms with E-state index in [9.17, 15) is 10.0 Å². The Hall–Kier alpha value is -2.87. The van der Waals surface area contributed by atoms with Crippen molar-refractivity contribution in [2.24, 2.45) is 0 Å². The summed E-state index contributed by atoms with van der Waals surface area (Å²) in [6.45, 7) is -0.00688. The molecule has 0 aliphatic heterocycles. The van der Waals surface area contributed by atoms with E-state index in [1.165, 1.54) is 10.7 Å². The molecule has 0 fully saturated rings. The number of aliphatic hydroxyl groups excluding tert-OH is 1. The van der Waals surface area contributed by atoms with Crippen molar-refractivity contribution in [1.82, 2.24) is 19.7 Å². The van der Waals surface area contributed by atoms with E-state index in [4.69, 9.17) is 10.2 Å². The normalized spacial score (nSPS) is 11.1. The molecule has 2 aromatic heterocycles. The molecule has 0 aliphatic rings. The van der Waals surface area contributed by atoms with Crippen LogP contribution in [0.2, 0.25) is 0 Å². The van der Waals surface area contributed by atoms with Gasteiger partial charge in [0.05, 0.1) is 23.1 Å². The van der Waals surface area contributed by atoms with Gasteiger partial charge < -0.3 is 15.4 Å². The maximum Gasteiger partial charge on any atom is 0.356 e. The van der Waals surface area contributed by atoms with Crippen molar-refractivity contribution in [2.45, 2.75) is 6.42 Å². The summed E-state index contributed by atoms with van der Waals surface area (Å²) in [6, 6.07) is 6.38. The number of hydrogen-bond donors (Lipinski definition) is 3. The third kappa shape index (κ3) is 2.21. The van der Waals surface area contributed by atoms with Crippen molar-refractivity contribution in [2.75, 3.05) is 6.61 Å². The number of aromatic carboxylic acids is 1. The van der Waals surface area contributed by atoms with Crippen LogP contribution in [0.25, 0.3) is 16.6 Å². The fourth-order valence-electron chi connectivity index (χ4n) is 2.14. The molecule has 21 heavy (non-hydrogen) atoms. The van der Waals surface area contributed by atoms with Crippen molar-refractivity contribution in [3.8, 4) is 5.69 Å². The van der Waals surface area contributed by atoms with Crippen molar-refractivity contribution >= 4 is 16.9 Å². The number of aromatic nitrogens is 4. The van der Waals surface area contributed by atoms with E-state index in [-0.39, 0.29) is 12.3 Å². The number of nitrogens with zero attached hydrogens (tertiary/aromatic N) is 4. The van der Waals surface area contributed by atoms with Gasteiger partial charge in [0.1, 0.15) is 0 Å². The van der Waals surface area contributed by atoms with Gasteiger partial charge in [-0.3, -0.25) is 0 Å². The summed E-state index contributed by atoms with van der Waals surface area (Å²) in [5, 5.41) is 36.1. The zero-order valence-corrected chi connectivity index (χ0v) is 10.8. The predicted octanol–water partition coefficient (Wildman–Crippen LogP) is 0.692. The zero-order valence-electron chi connectivity index (χ0n) is 10.8. The van der Waals surface area contributed by atoms with Crippen LogP contribution in [-0.4, -0.2) is 47.7 Å². The Morgan fingerprint density at radius 1 is 1.29 bits per heavy atom. The topological polar surface area (TPSA) is 113 Å². The van der Waals surface area contributed by atoms with Crippen LogP contribution in [-0.2, 0) is 6.42 Å². The second-order valence-corrected chi connectivity index (χ2v) is 4.52. The number of rotatable bonds is 4. The first-order valence-electron chi connectivity index (χ1n) is 6.20. The summed E-state index contributed by atoms with van der Waals surface area (Å²) in [5.74, 6) is -1.21. The Balaban J connectivity index is 2.06. The molecule has 0 spiro atoms. The van der Waals surface area contributed by atoms with Gasteiger partial charge in [0.15, 0.2) is 5.69 Å². The Morgan fingerprint density at radius 2 is 2.10 bits per heavy atom. The molecule has 2 heterocycles. The largest absolute Gasteiger partial charge is 0.476 e. The maximum absolute atomic E-state index is 11.0. The monoisotopic (exact) mass is 288 g/mol. The molecule has 108 valence electrons. The molecule has 3 N–H and O–H groups in total. The van der Waals surface area contributed by atoms with Gasteiger partial charge in [-0.15, -0.1) is 5.10 Å². The van der Waals surface area contributed by atoms with Crippen molar-refractivity contribution in [3.05, 3.63) is 41.9 Å². The van der Waals surface area contributed by atoms with Gasteiger partial charge in [-0.05, 0) is 24.3 Å². The van der Waals surface area contributed by atoms with Gasteiger partial charge in [-0.1, -0.05) is 5.21 Å². The summed E-state index contributed by atoms with van der Waals surface area (Å²) in [5.41, 5.74) is 1.53. The average Bonchev–Trinajstić information content (AvgIpc) is 3.04. The van der Waals surface area contributed by atoms with Crippen LogP contribution in [0.5, 0.6) is 0 Å². The molecule has 0 bridgehead atoms. The molecule has 0 atom stereocenters. The molecule has 8 heteroatoms. The fraction of sp³-hybridized carbons (Fsp3) is 0.154. The lowest BCUT2D eigenvalue weighted by molar-refractivity contribution is 0.0649. The minimum absolute atomic E-state index is 0.00688. The van der Waals surface area contributed by atoms with Gasteiger partial charge in [-0.2, -0.15) is 4.73 Å². The number of fused-ring (bicyclic) bond motifs is 1. The minimum Gasteiger partial charge on any atom is -0.476 e. The SMILES string of the molecule is O=C(O)c1cc2cc(-n3cc(CCO)nn3)ccc2n1O. The molecule has 8 nitrogen and oxygen atoms in total. The summed E-state index contributed by atoms with van der Waals surface area (Å²) < 4.78 is 2.17. The highest BCUT2D eigenvalue weighted by molar-refractivity contribution is 5.94. The highest BCUT2D eigenvalue weighted by atomic mass is 16.5. The quantitative estimate of drug-likeness (QED) is 0.609. The number of carbonyl (C=O) groups is 1. The van der Waals surface area contributed by atoms with E-state index < -0.39 is 5.97 Å². The Labute approximate surface area is 118 Å². The minimum atomic E-state index is -1.21. The average molecular weight is 288 g/mol. The molecule has 3 rings (SSSR count). The number of carboxylic acid groups (broad SMARTS) is 1. The van der Waals surface area contributed by atoms with E-state index in [0.29, 0.717) is 33.4 Å². The molecule has 0 unspecified atom stereocenters. The number of aliphatic hydroxyl groups is 1. The Bertz CT molecular complexity index is 821.